The Kier molecular flexibility index (Phi) is 74.9. The van der Waals surface area contributed by atoms with E-state index in [2.05, 4.69) is 64.8 Å². The van der Waals surface area contributed by atoms with E-state index < -0.39 is 23.9 Å². The molecule has 0 spiro atoms. The van der Waals surface area contributed by atoms with Gasteiger partial charge >= 0.3 is 0 Å². The molecule has 0 bridgehead atoms. The number of benzene rings is 7. The van der Waals surface area contributed by atoms with Crippen molar-refractivity contribution < 1.29 is 161 Å². The van der Waals surface area contributed by atoms with E-state index in [1.54, 1.807) is 95.4 Å². The van der Waals surface area contributed by atoms with E-state index >= 15 is 0 Å². The summed E-state index contributed by atoms with van der Waals surface area (Å²) >= 11 is 6.80. The second-order valence-electron chi connectivity index (χ2n) is 24.0. The zero-order valence-corrected chi connectivity index (χ0v) is 79.1. The Bertz CT molecular complexity index is 4100. The SMILES string of the molecule is C=Cc1cc(OCCOC)c(/C=C/c2cc(OC)ccc2OCCOC)cc1OC.C=Cc1cc(OCCOC)c(/C=C/c2ccc(OCCCCN)cc2)cc1OC.C=Cc1cc(OCCOC)c(C=C)cc1OC.C=Cc1ccc(OCCCCN)cc1.CC(=O)O.CC(=O)O.CC(=O)O.CC(=O)O.COCCOc1cc(Br)c(OC)cc1Br.[Pd].[Pd]. The number of hydrogen-bond acceptors (Lipinski definition) is 23. The van der Waals surface area contributed by atoms with Gasteiger partial charge in [-0.1, -0.05) is 112 Å². The van der Waals surface area contributed by atoms with Crippen LogP contribution in [0.3, 0.4) is 0 Å². The van der Waals surface area contributed by atoms with Crippen molar-refractivity contribution in [3.05, 3.63) is 207 Å². The van der Waals surface area contributed by atoms with Crippen molar-refractivity contribution in [2.75, 3.05) is 163 Å². The first-order valence-electron chi connectivity index (χ1n) is 37.7. The van der Waals surface area contributed by atoms with Gasteiger partial charge in [-0.05, 0) is 173 Å². The number of nitrogens with two attached hydrogens (primary N) is 2. The molecular formula is C92H124Br2N2O25Pd2. The van der Waals surface area contributed by atoms with Gasteiger partial charge in [0, 0.05) is 143 Å². The molecule has 0 aromatic heterocycles. The number of rotatable bonds is 44. The summed E-state index contributed by atoms with van der Waals surface area (Å²) in [6, 6.07) is 36.7. The molecule has 0 fully saturated rings. The molecule has 0 saturated heterocycles. The van der Waals surface area contributed by atoms with Crippen LogP contribution in [-0.4, -0.2) is 208 Å². The van der Waals surface area contributed by atoms with Crippen LogP contribution < -0.4 is 68.3 Å². The summed E-state index contributed by atoms with van der Waals surface area (Å²) in [5, 5.41) is 29.7. The molecule has 0 aliphatic heterocycles. The van der Waals surface area contributed by atoms with Gasteiger partial charge in [-0.25, -0.2) is 0 Å². The number of aliphatic carboxylic acids is 4. The van der Waals surface area contributed by atoms with Crippen LogP contribution >= 0.6 is 31.9 Å². The Balaban J connectivity index is -0.000000703. The minimum Gasteiger partial charge on any atom is -0.497 e. The number of ether oxygens (including phenoxy) is 17. The van der Waals surface area contributed by atoms with Crippen LogP contribution in [0.4, 0.5) is 0 Å². The molecule has 123 heavy (non-hydrogen) atoms. The van der Waals surface area contributed by atoms with Crippen LogP contribution in [0.15, 0.2) is 157 Å². The minimum atomic E-state index is -0.833. The van der Waals surface area contributed by atoms with E-state index in [1.807, 2.05) is 146 Å². The van der Waals surface area contributed by atoms with Gasteiger partial charge in [0.2, 0.25) is 0 Å². The van der Waals surface area contributed by atoms with E-state index in [-0.39, 0.29) is 40.8 Å². The van der Waals surface area contributed by atoms with Crippen molar-refractivity contribution in [3.63, 3.8) is 0 Å². The fourth-order valence-corrected chi connectivity index (χ4v) is 9.98. The van der Waals surface area contributed by atoms with E-state index in [4.69, 9.17) is 132 Å². The Hall–Kier alpha value is -9.80. The Morgan fingerprint density at radius 3 is 0.878 bits per heavy atom. The standard InChI is InChI=1S/C24H31NO4.C24H30O6.C14H18O3.C12H17NO.C10H12Br2O3.4C2H4O2.2Pd/c1-4-20-17-24(29-16-15-26-2)21(18-23(20)27-3)10-7-19-8-11-22(12-9-19)28-14-6-5-13-25;1-6-18-16-24(30-14-12-26-3)20(17-23(18)28-5)8-7-19-15-21(27-4)9-10-22(19)29-13-11-25-2;1-5-11-10-14(17-8-7-15-3)12(6-2)9-13(11)16-4;1-2-11-5-7-12(8-6-11)14-10-4-3-9-13;1-13-3-4-15-10-6-7(11)9(14-2)5-8(10)12;4*1-2(3)4;;/h4,7-12,17-18H,1,5-6,13-16,25H2,2-3H3;6-10,15-17H,1,11-14H2,2-5H3;5-6,9-10H,1-2,7-8H2,3-4H3;2,5-8H,1,3-4,9-10,13H2;5-6H,3-4H2,1-2H3;4*1H3,(H,3,4);;/b10-7+;8-7+;;;;;;;;;. The summed E-state index contributed by atoms with van der Waals surface area (Å²) in [4.78, 5) is 36.0. The number of methoxy groups -OCH3 is 10. The first kappa shape index (κ1) is 120. The van der Waals surface area contributed by atoms with Crippen molar-refractivity contribution in [1.82, 2.24) is 0 Å². The maximum absolute atomic E-state index is 9.00. The van der Waals surface area contributed by atoms with E-state index in [1.165, 1.54) is 0 Å². The fraction of sp³-hybridized carbons (Fsp3) is 0.348. The third-order valence-corrected chi connectivity index (χ3v) is 16.0. The molecule has 0 heterocycles. The molecule has 0 atom stereocenters. The van der Waals surface area contributed by atoms with Gasteiger partial charge in [-0.3, -0.25) is 19.2 Å². The average Bonchev–Trinajstić information content (AvgIpc) is 0.822. The number of carboxylic acid groups (broad SMARTS) is 4. The van der Waals surface area contributed by atoms with Crippen molar-refractivity contribution in [2.45, 2.75) is 53.4 Å². The van der Waals surface area contributed by atoms with Crippen molar-refractivity contribution in [2.24, 2.45) is 11.5 Å². The van der Waals surface area contributed by atoms with Crippen LogP contribution in [-0.2, 0) is 83.7 Å². The Labute approximate surface area is 770 Å². The molecule has 8 N–H and O–H groups in total. The van der Waals surface area contributed by atoms with Gasteiger partial charge in [-0.15, -0.1) is 0 Å². The van der Waals surface area contributed by atoms with Crippen LogP contribution in [0.5, 0.6) is 69.0 Å². The van der Waals surface area contributed by atoms with Gasteiger partial charge in [-0.2, -0.15) is 0 Å². The number of carbonyl (C=O) groups is 4. The molecule has 0 amide bonds. The molecule has 0 aliphatic rings. The minimum absolute atomic E-state index is 0. The zero-order chi connectivity index (χ0) is 91.1. The molecule has 7 rings (SSSR count). The zero-order valence-electron chi connectivity index (χ0n) is 72.8. The third kappa shape index (κ3) is 57.3. The molecule has 0 aliphatic carbocycles. The summed E-state index contributed by atoms with van der Waals surface area (Å²) in [6.45, 7) is 31.1. The van der Waals surface area contributed by atoms with Crippen molar-refractivity contribution in [1.29, 1.82) is 0 Å². The number of hydrogen-bond donors (Lipinski definition) is 6. The quantitative estimate of drug-likeness (QED) is 0.0117. The maximum atomic E-state index is 9.00. The molecule has 0 saturated carbocycles. The van der Waals surface area contributed by atoms with Gasteiger partial charge in [0.05, 0.1) is 90.7 Å². The first-order valence-corrected chi connectivity index (χ1v) is 39.3. The molecule has 31 heteroatoms. The van der Waals surface area contributed by atoms with Crippen LogP contribution in [0.25, 0.3) is 54.7 Å². The Morgan fingerprint density at radius 1 is 0.293 bits per heavy atom. The second kappa shape index (κ2) is 77.0. The average molecular weight is 2030 g/mol. The normalized spacial score (nSPS) is 9.71. The predicted molar refractivity (Wildman–Crippen MR) is 489 cm³/mol. The molecular weight excluding hydrogens is 1910 g/mol. The van der Waals surface area contributed by atoms with Crippen LogP contribution in [0.1, 0.15) is 103 Å². The topological polar surface area (TPSA) is 358 Å². The molecule has 27 nitrogen and oxygen atoms in total. The molecule has 7 aromatic carbocycles. The number of carboxylic acids is 4. The number of unbranched alkanes of at least 4 members (excludes halogenated alkanes) is 2. The van der Waals surface area contributed by atoms with Gasteiger partial charge in [0.15, 0.2) is 0 Å². The second-order valence-corrected chi connectivity index (χ2v) is 25.7. The van der Waals surface area contributed by atoms with E-state index in [9.17, 15) is 0 Å². The molecule has 686 valence electrons. The monoisotopic (exact) mass is 2030 g/mol. The molecule has 7 aromatic rings. The Morgan fingerprint density at radius 2 is 0.561 bits per heavy atom. The summed E-state index contributed by atoms with van der Waals surface area (Å²) in [6.07, 6.45) is 20.7. The summed E-state index contributed by atoms with van der Waals surface area (Å²) < 4.78 is 93.5. The van der Waals surface area contributed by atoms with Crippen molar-refractivity contribution >= 4 is 110 Å². The van der Waals surface area contributed by atoms with Crippen molar-refractivity contribution in [3.8, 4) is 69.0 Å². The van der Waals surface area contributed by atoms with Gasteiger partial charge in [0.25, 0.3) is 23.9 Å². The first-order chi connectivity index (χ1) is 58.1. The van der Waals surface area contributed by atoms with Crippen LogP contribution in [0, 0.1) is 0 Å². The fourth-order valence-electron chi connectivity index (χ4n) is 9.06. The van der Waals surface area contributed by atoms with Gasteiger partial charge < -0.3 is 112 Å². The summed E-state index contributed by atoms with van der Waals surface area (Å²) in [7, 11) is 16.4. The smallest absolute Gasteiger partial charge is 0.300 e. The number of halogens is 2. The van der Waals surface area contributed by atoms with Crippen LogP contribution in [0.2, 0.25) is 0 Å². The maximum Gasteiger partial charge on any atom is 0.300 e. The summed E-state index contributed by atoms with van der Waals surface area (Å²) in [5.74, 6) is 5.89. The van der Waals surface area contributed by atoms with E-state index in [0.717, 1.165) is 183 Å². The largest absolute Gasteiger partial charge is 0.497 e. The molecule has 0 unspecified atom stereocenters. The van der Waals surface area contributed by atoms with Gasteiger partial charge in [0.1, 0.15) is 102 Å². The molecule has 0 radical (unpaired) electrons. The predicted octanol–water partition coefficient (Wildman–Crippen LogP) is 18.3. The third-order valence-electron chi connectivity index (χ3n) is 14.7. The summed E-state index contributed by atoms with van der Waals surface area (Å²) in [5.41, 5.74) is 19.2. The van der Waals surface area contributed by atoms with E-state index in [0.29, 0.717) is 90.7 Å².